The Kier molecular flexibility index (Phi) is 5.19. The normalized spacial score (nSPS) is 11.5. The average Bonchev–Trinajstić information content (AvgIpc) is 3.53. The molecular weight excluding hydrogens is 445 g/mol. The third-order valence-corrected chi connectivity index (χ3v) is 5.77. The Bertz CT molecular complexity index is 1660. The maximum atomic E-state index is 15.9. The van der Waals surface area contributed by atoms with Crippen LogP contribution < -0.4 is 5.32 Å². The quantitative estimate of drug-likeness (QED) is 0.336. The minimum Gasteiger partial charge on any atom is -0.336 e. The Morgan fingerprint density at radius 3 is 2.63 bits per heavy atom. The van der Waals surface area contributed by atoms with Gasteiger partial charge in [0.05, 0.1) is 28.3 Å². The highest BCUT2D eigenvalue weighted by molar-refractivity contribution is 5.97. The van der Waals surface area contributed by atoms with Crippen LogP contribution in [0.15, 0.2) is 61.4 Å². The Balaban J connectivity index is 1.48. The zero-order valence-corrected chi connectivity index (χ0v) is 18.7. The molecule has 0 radical (unpaired) electrons. The van der Waals surface area contributed by atoms with Gasteiger partial charge in [0.15, 0.2) is 11.6 Å². The molecule has 6 aromatic heterocycles. The molecule has 0 aliphatic carbocycles. The molecule has 10 heteroatoms. The van der Waals surface area contributed by atoms with E-state index in [0.29, 0.717) is 45.7 Å². The van der Waals surface area contributed by atoms with Crippen molar-refractivity contribution in [2.24, 2.45) is 0 Å². The fraction of sp³-hybridized carbons (Fsp3) is 0.120. The molecule has 9 nitrogen and oxygen atoms in total. The first-order valence-electron chi connectivity index (χ1n) is 11.2. The van der Waals surface area contributed by atoms with E-state index in [1.807, 2.05) is 31.2 Å². The lowest BCUT2D eigenvalue weighted by atomic mass is 10.1. The van der Waals surface area contributed by atoms with Crippen LogP contribution in [0.3, 0.4) is 0 Å². The highest BCUT2D eigenvalue weighted by atomic mass is 19.1. The number of nitrogens with one attached hydrogen (secondary N) is 3. The van der Waals surface area contributed by atoms with Crippen LogP contribution >= 0.6 is 0 Å². The highest BCUT2D eigenvalue weighted by Crippen LogP contribution is 2.33. The largest absolute Gasteiger partial charge is 0.336 e. The lowest BCUT2D eigenvalue weighted by Gasteiger charge is -2.07. The smallest absolute Gasteiger partial charge is 0.161 e. The third-order valence-electron chi connectivity index (χ3n) is 5.77. The van der Waals surface area contributed by atoms with E-state index in [1.165, 1.54) is 0 Å². The monoisotopic (exact) mass is 465 g/mol. The van der Waals surface area contributed by atoms with Gasteiger partial charge >= 0.3 is 0 Å². The molecule has 0 fully saturated rings. The zero-order valence-electron chi connectivity index (χ0n) is 18.7. The standard InChI is InChI=1S/C25H20FN9/c1-2-27-10-14-9-16(12-29-11-14)21-20(26)19-18(13-31-21)34-35-24(19)25-32-17-5-8-30-22(23(17)33-25)15-3-6-28-7-4-15/h3-9,11-13,27H,2,10H2,1H3,(H,32,33)(H,34,35). The van der Waals surface area contributed by atoms with E-state index in [-0.39, 0.29) is 5.69 Å². The summed E-state index contributed by atoms with van der Waals surface area (Å²) in [6, 6.07) is 7.46. The van der Waals surface area contributed by atoms with Gasteiger partial charge in [-0.15, -0.1) is 0 Å². The Morgan fingerprint density at radius 2 is 1.77 bits per heavy atom. The molecule has 0 amide bonds. The number of rotatable bonds is 6. The van der Waals surface area contributed by atoms with Crippen molar-refractivity contribution in [3.63, 3.8) is 0 Å². The Morgan fingerprint density at radius 1 is 0.886 bits per heavy atom. The van der Waals surface area contributed by atoms with Crippen molar-refractivity contribution < 1.29 is 4.39 Å². The second kappa shape index (κ2) is 8.65. The van der Waals surface area contributed by atoms with Gasteiger partial charge in [-0.2, -0.15) is 5.10 Å². The SMILES string of the molecule is CCNCc1cncc(-c2ncc3[nH]nc(-c4nc5c(-c6ccncc6)nccc5[nH]4)c3c2F)c1. The van der Waals surface area contributed by atoms with Gasteiger partial charge in [0.2, 0.25) is 0 Å². The molecule has 172 valence electrons. The average molecular weight is 465 g/mol. The molecule has 0 bridgehead atoms. The van der Waals surface area contributed by atoms with Gasteiger partial charge in [0.1, 0.15) is 16.9 Å². The molecule has 0 spiro atoms. The molecular formula is C25H20FN9. The van der Waals surface area contributed by atoms with Gasteiger partial charge in [-0.3, -0.25) is 25.0 Å². The van der Waals surface area contributed by atoms with Crippen LogP contribution in [-0.2, 0) is 6.54 Å². The van der Waals surface area contributed by atoms with Gasteiger partial charge in [-0.05, 0) is 36.4 Å². The summed E-state index contributed by atoms with van der Waals surface area (Å²) in [6.07, 6.45) is 10.1. The number of fused-ring (bicyclic) bond motifs is 2. The first-order valence-corrected chi connectivity index (χ1v) is 11.2. The number of pyridine rings is 4. The Labute approximate surface area is 198 Å². The van der Waals surface area contributed by atoms with Crippen molar-refractivity contribution in [3.8, 4) is 34.0 Å². The van der Waals surface area contributed by atoms with Crippen LogP contribution in [0.1, 0.15) is 12.5 Å². The van der Waals surface area contributed by atoms with Gasteiger partial charge in [0, 0.05) is 48.7 Å². The molecule has 6 heterocycles. The number of nitrogens with zero attached hydrogens (tertiary/aromatic N) is 6. The van der Waals surface area contributed by atoms with Crippen LogP contribution in [0.25, 0.3) is 56.0 Å². The second-order valence-electron chi connectivity index (χ2n) is 8.02. The van der Waals surface area contributed by atoms with Crippen LogP contribution in [0.5, 0.6) is 0 Å². The number of aromatic amines is 2. The number of H-pyrrole nitrogens is 2. The van der Waals surface area contributed by atoms with Crippen LogP contribution in [0.2, 0.25) is 0 Å². The number of hydrogen-bond donors (Lipinski definition) is 3. The maximum absolute atomic E-state index is 15.9. The van der Waals surface area contributed by atoms with Gasteiger partial charge in [-0.1, -0.05) is 6.92 Å². The van der Waals surface area contributed by atoms with Crippen molar-refractivity contribution >= 4 is 21.9 Å². The molecule has 0 aliphatic rings. The molecule has 0 atom stereocenters. The molecule has 0 aromatic carbocycles. The second-order valence-corrected chi connectivity index (χ2v) is 8.02. The van der Waals surface area contributed by atoms with Crippen molar-refractivity contribution in [1.82, 2.24) is 45.4 Å². The number of halogens is 1. The fourth-order valence-electron chi connectivity index (χ4n) is 4.10. The molecule has 6 rings (SSSR count). The van der Waals surface area contributed by atoms with E-state index < -0.39 is 5.82 Å². The fourth-order valence-corrected chi connectivity index (χ4v) is 4.10. The van der Waals surface area contributed by atoms with Gasteiger partial charge < -0.3 is 10.3 Å². The number of aromatic nitrogens is 8. The number of imidazole rings is 1. The third kappa shape index (κ3) is 3.69. The topological polar surface area (TPSA) is 121 Å². The van der Waals surface area contributed by atoms with Crippen molar-refractivity contribution in [2.75, 3.05) is 6.54 Å². The van der Waals surface area contributed by atoms with E-state index >= 15 is 4.39 Å². The summed E-state index contributed by atoms with van der Waals surface area (Å²) in [5.74, 6) is -0.0498. The molecule has 0 aliphatic heterocycles. The predicted octanol–water partition coefficient (Wildman–Crippen LogP) is 4.27. The summed E-state index contributed by atoms with van der Waals surface area (Å²) >= 11 is 0. The molecule has 0 saturated carbocycles. The van der Waals surface area contributed by atoms with E-state index in [4.69, 9.17) is 4.98 Å². The summed E-state index contributed by atoms with van der Waals surface area (Å²) in [7, 11) is 0. The first kappa shape index (κ1) is 21.0. The highest BCUT2D eigenvalue weighted by Gasteiger charge is 2.21. The molecule has 6 aromatic rings. The minimum absolute atomic E-state index is 0.209. The zero-order chi connectivity index (χ0) is 23.8. The summed E-state index contributed by atoms with van der Waals surface area (Å²) in [5, 5.41) is 10.8. The maximum Gasteiger partial charge on any atom is 0.161 e. The molecule has 3 N–H and O–H groups in total. The molecule has 0 unspecified atom stereocenters. The van der Waals surface area contributed by atoms with E-state index in [0.717, 1.165) is 23.2 Å². The summed E-state index contributed by atoms with van der Waals surface area (Å²) in [5.41, 5.74) is 5.64. The van der Waals surface area contributed by atoms with E-state index in [1.54, 1.807) is 37.2 Å². The lowest BCUT2D eigenvalue weighted by Crippen LogP contribution is -2.11. The molecule has 35 heavy (non-hydrogen) atoms. The number of hydrogen-bond acceptors (Lipinski definition) is 7. The van der Waals surface area contributed by atoms with Crippen molar-refractivity contribution in [2.45, 2.75) is 13.5 Å². The Hall–Kier alpha value is -4.57. The summed E-state index contributed by atoms with van der Waals surface area (Å²) < 4.78 is 15.9. The lowest BCUT2D eigenvalue weighted by molar-refractivity contribution is 0.638. The molecule has 0 saturated heterocycles. The van der Waals surface area contributed by atoms with Crippen molar-refractivity contribution in [3.05, 3.63) is 72.8 Å². The predicted molar refractivity (Wildman–Crippen MR) is 131 cm³/mol. The minimum atomic E-state index is -0.485. The van der Waals surface area contributed by atoms with E-state index in [9.17, 15) is 0 Å². The van der Waals surface area contributed by atoms with Gasteiger partial charge in [0.25, 0.3) is 0 Å². The van der Waals surface area contributed by atoms with Crippen LogP contribution in [0.4, 0.5) is 4.39 Å². The summed E-state index contributed by atoms with van der Waals surface area (Å²) in [6.45, 7) is 3.50. The van der Waals surface area contributed by atoms with Crippen LogP contribution in [-0.4, -0.2) is 46.6 Å². The first-order chi connectivity index (χ1) is 17.2. The van der Waals surface area contributed by atoms with Crippen molar-refractivity contribution in [1.29, 1.82) is 0 Å². The van der Waals surface area contributed by atoms with Gasteiger partial charge in [-0.25, -0.2) is 9.37 Å². The summed E-state index contributed by atoms with van der Waals surface area (Å²) in [4.78, 5) is 25.2. The van der Waals surface area contributed by atoms with Crippen LogP contribution in [0, 0.1) is 5.82 Å². The van der Waals surface area contributed by atoms with E-state index in [2.05, 4.69) is 40.4 Å².